The van der Waals surface area contributed by atoms with Crippen LogP contribution in [0.25, 0.3) is 56.0 Å². The van der Waals surface area contributed by atoms with Gasteiger partial charge in [-0.3, -0.25) is 0 Å². The van der Waals surface area contributed by atoms with Crippen LogP contribution >= 0.6 is 0 Å². The monoisotopic (exact) mass is 757 g/mol. The zero-order valence-corrected chi connectivity index (χ0v) is 32.8. The van der Waals surface area contributed by atoms with Gasteiger partial charge in [0.2, 0.25) is 0 Å². The summed E-state index contributed by atoms with van der Waals surface area (Å²) >= 11 is 0. The largest absolute Gasteiger partial charge is 0.322 e. The Hall–Kier alpha value is -7.63. The summed E-state index contributed by atoms with van der Waals surface area (Å²) in [5.41, 5.74) is 13.8. The summed E-state index contributed by atoms with van der Waals surface area (Å²) in [5, 5.41) is 2.48. The Bertz CT molecular complexity index is 3010. The molecule has 0 saturated carbocycles. The van der Waals surface area contributed by atoms with Gasteiger partial charge < -0.3 is 9.47 Å². The van der Waals surface area contributed by atoms with Gasteiger partial charge in [-0.05, 0) is 66.9 Å². The summed E-state index contributed by atoms with van der Waals surface area (Å²) in [6, 6.07) is 71.4. The molecule has 280 valence electrons. The molecule has 0 aliphatic carbocycles. The molecule has 1 aliphatic rings. The van der Waals surface area contributed by atoms with Crippen molar-refractivity contribution >= 4 is 38.9 Å². The highest BCUT2D eigenvalue weighted by molar-refractivity contribution is 6.09. The number of aromatic nitrogens is 4. The minimum atomic E-state index is -0.706. The molecule has 0 spiro atoms. The predicted octanol–water partition coefficient (Wildman–Crippen LogP) is 13.2. The van der Waals surface area contributed by atoms with Gasteiger partial charge in [-0.25, -0.2) is 15.0 Å². The topological polar surface area (TPSA) is 46.8 Å². The zero-order valence-electron chi connectivity index (χ0n) is 32.8. The molecule has 0 atom stereocenters. The number of fused-ring (bicyclic) bond motifs is 5. The van der Waals surface area contributed by atoms with Crippen LogP contribution in [0.3, 0.4) is 0 Å². The van der Waals surface area contributed by atoms with E-state index in [4.69, 9.17) is 15.0 Å². The lowest BCUT2D eigenvalue weighted by Gasteiger charge is -2.48. The van der Waals surface area contributed by atoms with E-state index >= 15 is 0 Å². The quantitative estimate of drug-likeness (QED) is 0.169. The summed E-state index contributed by atoms with van der Waals surface area (Å²) in [6.07, 6.45) is 0. The standard InChI is InChI=1S/C54H39N5/c1-36-34-40(53-56-51(38-20-6-3-7-21-38)55-52(57-53)39-22-8-4-9-23-39)35-37(2)50(36)58-48-32-18-14-28-44(48)54(41-24-10-5-11-25-41,45-29-15-19-33-49(45)58)59-46-30-16-12-26-42(46)43-27-13-17-31-47(43)59/h3-35H,1-2H3. The van der Waals surface area contributed by atoms with Gasteiger partial charge in [0.25, 0.3) is 0 Å². The van der Waals surface area contributed by atoms with Crippen LogP contribution in [0.4, 0.5) is 17.1 Å². The maximum atomic E-state index is 5.09. The smallest absolute Gasteiger partial charge is 0.164 e. The Kier molecular flexibility index (Phi) is 8.09. The van der Waals surface area contributed by atoms with Crippen molar-refractivity contribution in [1.82, 2.24) is 19.5 Å². The van der Waals surface area contributed by atoms with Crippen LogP contribution in [0.2, 0.25) is 0 Å². The second kappa shape index (κ2) is 13.8. The van der Waals surface area contributed by atoms with E-state index in [9.17, 15) is 0 Å². The molecule has 2 aromatic heterocycles. The molecule has 8 aromatic carbocycles. The van der Waals surface area contributed by atoms with Crippen LogP contribution in [0.1, 0.15) is 27.8 Å². The van der Waals surface area contributed by atoms with Gasteiger partial charge in [0.05, 0.1) is 28.1 Å². The Labute approximate surface area is 343 Å². The maximum absolute atomic E-state index is 5.09. The van der Waals surface area contributed by atoms with Crippen molar-refractivity contribution in [2.75, 3.05) is 4.90 Å². The first-order valence-electron chi connectivity index (χ1n) is 20.1. The molecule has 0 fully saturated rings. The molecule has 5 nitrogen and oxygen atoms in total. The van der Waals surface area contributed by atoms with Crippen molar-refractivity contribution in [2.45, 2.75) is 19.4 Å². The summed E-state index contributed by atoms with van der Waals surface area (Å²) < 4.78 is 2.60. The fourth-order valence-corrected chi connectivity index (χ4v) is 9.48. The first kappa shape index (κ1) is 34.6. The molecule has 5 heteroatoms. The Morgan fingerprint density at radius 3 is 1.27 bits per heavy atom. The second-order valence-corrected chi connectivity index (χ2v) is 15.3. The summed E-state index contributed by atoms with van der Waals surface area (Å²) in [5.74, 6) is 1.94. The molecular weight excluding hydrogens is 719 g/mol. The fourth-order valence-electron chi connectivity index (χ4n) is 9.48. The van der Waals surface area contributed by atoms with Crippen molar-refractivity contribution < 1.29 is 0 Å². The lowest BCUT2D eigenvalue weighted by molar-refractivity contribution is 0.544. The molecule has 11 rings (SSSR count). The van der Waals surface area contributed by atoms with Gasteiger partial charge >= 0.3 is 0 Å². The van der Waals surface area contributed by atoms with Crippen molar-refractivity contribution in [3.63, 3.8) is 0 Å². The Morgan fingerprint density at radius 1 is 0.390 bits per heavy atom. The third kappa shape index (κ3) is 5.35. The van der Waals surface area contributed by atoms with Gasteiger partial charge in [0, 0.05) is 38.6 Å². The SMILES string of the molecule is Cc1cc(-c2nc(-c3ccccc3)nc(-c3ccccc3)n2)cc(C)c1N1c2ccccc2C(c2ccccc2)(n2c3ccccc3c3ccccc32)c2ccccc21. The Balaban J connectivity index is 1.16. The highest BCUT2D eigenvalue weighted by atomic mass is 15.2. The first-order chi connectivity index (χ1) is 29.1. The van der Waals surface area contributed by atoms with Gasteiger partial charge in [0.15, 0.2) is 17.5 Å². The number of aryl methyl sites for hydroxylation is 2. The highest BCUT2D eigenvalue weighted by Crippen LogP contribution is 2.58. The predicted molar refractivity (Wildman–Crippen MR) is 241 cm³/mol. The van der Waals surface area contributed by atoms with Gasteiger partial charge in [-0.2, -0.15) is 0 Å². The molecule has 10 aromatic rings. The van der Waals surface area contributed by atoms with E-state index < -0.39 is 5.54 Å². The van der Waals surface area contributed by atoms with Crippen LogP contribution < -0.4 is 4.90 Å². The van der Waals surface area contributed by atoms with Crippen LogP contribution in [-0.2, 0) is 5.54 Å². The van der Waals surface area contributed by atoms with E-state index in [1.165, 1.54) is 38.5 Å². The highest BCUT2D eigenvalue weighted by Gasteiger charge is 2.48. The third-order valence-electron chi connectivity index (χ3n) is 11.8. The van der Waals surface area contributed by atoms with E-state index in [1.54, 1.807) is 0 Å². The van der Waals surface area contributed by atoms with E-state index in [0.717, 1.165) is 44.9 Å². The normalized spacial score (nSPS) is 13.0. The van der Waals surface area contributed by atoms with E-state index in [-0.39, 0.29) is 0 Å². The number of hydrogen-bond donors (Lipinski definition) is 0. The minimum absolute atomic E-state index is 0.643. The average Bonchev–Trinajstić information content (AvgIpc) is 3.64. The molecule has 1 aliphatic heterocycles. The van der Waals surface area contributed by atoms with Crippen LogP contribution in [0.15, 0.2) is 200 Å². The van der Waals surface area contributed by atoms with Crippen molar-refractivity contribution in [1.29, 1.82) is 0 Å². The van der Waals surface area contributed by atoms with E-state index in [1.807, 2.05) is 60.7 Å². The summed E-state index contributed by atoms with van der Waals surface area (Å²) in [4.78, 5) is 17.6. The number of anilines is 3. The number of rotatable bonds is 6. The number of benzene rings is 8. The van der Waals surface area contributed by atoms with Crippen molar-refractivity contribution in [2.24, 2.45) is 0 Å². The molecule has 59 heavy (non-hydrogen) atoms. The molecule has 0 unspecified atom stereocenters. The number of nitrogens with zero attached hydrogens (tertiary/aromatic N) is 5. The first-order valence-corrected chi connectivity index (χ1v) is 20.1. The van der Waals surface area contributed by atoms with E-state index in [0.29, 0.717) is 17.5 Å². The lowest BCUT2D eigenvalue weighted by atomic mass is 9.72. The van der Waals surface area contributed by atoms with Gasteiger partial charge in [-0.15, -0.1) is 0 Å². The molecule has 0 N–H and O–H groups in total. The van der Waals surface area contributed by atoms with Crippen molar-refractivity contribution in [3.05, 3.63) is 228 Å². The zero-order chi connectivity index (χ0) is 39.5. The molecule has 0 amide bonds. The molecule has 3 heterocycles. The molecular formula is C54H39N5. The van der Waals surface area contributed by atoms with Crippen LogP contribution in [0, 0.1) is 13.8 Å². The lowest BCUT2D eigenvalue weighted by Crippen LogP contribution is -2.42. The maximum Gasteiger partial charge on any atom is 0.164 e. The third-order valence-corrected chi connectivity index (χ3v) is 11.8. The summed E-state index contributed by atoms with van der Waals surface area (Å²) in [6.45, 7) is 4.42. The van der Waals surface area contributed by atoms with E-state index in [2.05, 4.69) is 163 Å². The van der Waals surface area contributed by atoms with Gasteiger partial charge in [0.1, 0.15) is 5.54 Å². The fraction of sp³-hybridized carbons (Fsp3) is 0.0556. The second-order valence-electron chi connectivity index (χ2n) is 15.3. The van der Waals surface area contributed by atoms with Gasteiger partial charge in [-0.1, -0.05) is 164 Å². The van der Waals surface area contributed by atoms with Crippen LogP contribution in [-0.4, -0.2) is 19.5 Å². The summed E-state index contributed by atoms with van der Waals surface area (Å²) in [7, 11) is 0. The molecule has 0 radical (unpaired) electrons. The van der Waals surface area contributed by atoms with Crippen LogP contribution in [0.5, 0.6) is 0 Å². The Morgan fingerprint density at radius 2 is 0.780 bits per heavy atom. The van der Waals surface area contributed by atoms with Crippen molar-refractivity contribution in [3.8, 4) is 34.2 Å². The minimum Gasteiger partial charge on any atom is -0.322 e. The number of hydrogen-bond acceptors (Lipinski definition) is 4. The molecule has 0 saturated heterocycles. The number of para-hydroxylation sites is 4. The molecule has 0 bridgehead atoms. The average molecular weight is 758 g/mol.